The number of nitrogens with zero attached hydrogens (tertiary/aromatic N) is 1. The Morgan fingerprint density at radius 2 is 2.17 bits per heavy atom. The van der Waals surface area contributed by atoms with Crippen molar-refractivity contribution in [3.8, 4) is 5.75 Å². The smallest absolute Gasteiger partial charge is 0.257 e. The van der Waals surface area contributed by atoms with E-state index in [2.05, 4.69) is 29.5 Å². The minimum Gasteiger partial charge on any atom is -0.482 e. The summed E-state index contributed by atoms with van der Waals surface area (Å²) in [6.07, 6.45) is 0. The molecule has 0 bridgehead atoms. The first-order valence-electron chi connectivity index (χ1n) is 6.06. The number of carbonyl (C=O) groups excluding carboxylic acids is 1. The molecule has 0 aliphatic carbocycles. The van der Waals surface area contributed by atoms with Crippen molar-refractivity contribution in [2.45, 2.75) is 33.4 Å². The fraction of sp³-hybridized carbons (Fsp3) is 0.538. The van der Waals surface area contributed by atoms with Gasteiger partial charge >= 0.3 is 0 Å². The standard InChI is InChI=1S/C13H21N3O2/c1-9(2)15-7-11-12(6-5-10(3)16-11)18-8-13(17)14-4/h5-6,9,15H,7-8H2,1-4H3,(H,14,17). The lowest BCUT2D eigenvalue weighted by atomic mass is 10.2. The van der Waals surface area contributed by atoms with E-state index in [0.29, 0.717) is 18.3 Å². The van der Waals surface area contributed by atoms with Crippen molar-refractivity contribution < 1.29 is 9.53 Å². The second-order valence-electron chi connectivity index (χ2n) is 4.39. The van der Waals surface area contributed by atoms with Crippen LogP contribution in [-0.2, 0) is 11.3 Å². The summed E-state index contributed by atoms with van der Waals surface area (Å²) in [4.78, 5) is 15.6. The van der Waals surface area contributed by atoms with Gasteiger partial charge in [0, 0.05) is 25.3 Å². The molecule has 0 aliphatic heterocycles. The van der Waals surface area contributed by atoms with E-state index in [9.17, 15) is 4.79 Å². The van der Waals surface area contributed by atoms with Crippen LogP contribution in [0, 0.1) is 6.92 Å². The summed E-state index contributed by atoms with van der Waals surface area (Å²) in [5.74, 6) is 0.496. The Morgan fingerprint density at radius 3 is 2.78 bits per heavy atom. The van der Waals surface area contributed by atoms with Crippen molar-refractivity contribution in [2.24, 2.45) is 0 Å². The van der Waals surface area contributed by atoms with E-state index >= 15 is 0 Å². The topological polar surface area (TPSA) is 63.2 Å². The van der Waals surface area contributed by atoms with Crippen LogP contribution in [-0.4, -0.2) is 30.6 Å². The normalized spacial score (nSPS) is 10.5. The summed E-state index contributed by atoms with van der Waals surface area (Å²) >= 11 is 0. The molecule has 0 saturated heterocycles. The second-order valence-corrected chi connectivity index (χ2v) is 4.39. The minimum absolute atomic E-state index is 0.00984. The zero-order chi connectivity index (χ0) is 13.5. The third kappa shape index (κ3) is 4.71. The van der Waals surface area contributed by atoms with Crippen LogP contribution >= 0.6 is 0 Å². The monoisotopic (exact) mass is 251 g/mol. The molecular weight excluding hydrogens is 230 g/mol. The van der Waals surface area contributed by atoms with Gasteiger partial charge in [0.2, 0.25) is 0 Å². The van der Waals surface area contributed by atoms with Crippen LogP contribution in [0.15, 0.2) is 12.1 Å². The molecule has 0 saturated carbocycles. The Bertz CT molecular complexity index is 405. The summed E-state index contributed by atoms with van der Waals surface area (Å²) in [5, 5.41) is 5.80. The summed E-state index contributed by atoms with van der Waals surface area (Å²) in [5.41, 5.74) is 1.76. The molecule has 2 N–H and O–H groups in total. The van der Waals surface area contributed by atoms with Crippen LogP contribution in [0.1, 0.15) is 25.2 Å². The molecule has 1 aromatic rings. The average molecular weight is 251 g/mol. The molecular formula is C13H21N3O2. The van der Waals surface area contributed by atoms with Crippen molar-refractivity contribution in [1.82, 2.24) is 15.6 Å². The molecule has 0 atom stereocenters. The van der Waals surface area contributed by atoms with Gasteiger partial charge in [-0.3, -0.25) is 9.78 Å². The maximum atomic E-state index is 11.2. The van der Waals surface area contributed by atoms with Crippen LogP contribution in [0.5, 0.6) is 5.75 Å². The highest BCUT2D eigenvalue weighted by atomic mass is 16.5. The van der Waals surface area contributed by atoms with Crippen LogP contribution in [0.25, 0.3) is 0 Å². The van der Waals surface area contributed by atoms with Gasteiger partial charge in [0.05, 0.1) is 5.69 Å². The number of hydrogen-bond donors (Lipinski definition) is 2. The van der Waals surface area contributed by atoms with Gasteiger partial charge in [0.15, 0.2) is 6.61 Å². The summed E-state index contributed by atoms with van der Waals surface area (Å²) in [6.45, 7) is 6.71. The molecule has 18 heavy (non-hydrogen) atoms. The molecule has 1 amide bonds. The van der Waals surface area contributed by atoms with Crippen LogP contribution in [0.4, 0.5) is 0 Å². The number of hydrogen-bond acceptors (Lipinski definition) is 4. The number of carbonyl (C=O) groups is 1. The van der Waals surface area contributed by atoms with E-state index in [4.69, 9.17) is 4.74 Å². The third-order valence-electron chi connectivity index (χ3n) is 2.39. The van der Waals surface area contributed by atoms with Gasteiger partial charge in [-0.05, 0) is 19.1 Å². The first kappa shape index (κ1) is 14.4. The number of likely N-dealkylation sites (N-methyl/N-ethyl adjacent to an activating group) is 1. The lowest BCUT2D eigenvalue weighted by molar-refractivity contribution is -0.122. The molecule has 0 spiro atoms. The van der Waals surface area contributed by atoms with E-state index in [1.165, 1.54) is 0 Å². The van der Waals surface area contributed by atoms with E-state index in [-0.39, 0.29) is 12.5 Å². The molecule has 0 aromatic carbocycles. The van der Waals surface area contributed by atoms with Gasteiger partial charge in [-0.2, -0.15) is 0 Å². The molecule has 100 valence electrons. The first-order valence-corrected chi connectivity index (χ1v) is 6.06. The first-order chi connectivity index (χ1) is 8.52. The molecule has 1 rings (SSSR count). The molecule has 1 heterocycles. The van der Waals surface area contributed by atoms with Gasteiger partial charge in [0.25, 0.3) is 5.91 Å². The van der Waals surface area contributed by atoms with Crippen molar-refractivity contribution in [1.29, 1.82) is 0 Å². The predicted octanol–water partition coefficient (Wildman–Crippen LogP) is 1.01. The van der Waals surface area contributed by atoms with Crippen LogP contribution in [0.3, 0.4) is 0 Å². The Labute approximate surface area is 108 Å². The number of ether oxygens (including phenoxy) is 1. The lowest BCUT2D eigenvalue weighted by Crippen LogP contribution is -2.26. The Kier molecular flexibility index (Phi) is 5.58. The van der Waals surface area contributed by atoms with Gasteiger partial charge in [-0.1, -0.05) is 13.8 Å². The highest BCUT2D eigenvalue weighted by Crippen LogP contribution is 2.16. The summed E-state index contributed by atoms with van der Waals surface area (Å²) < 4.78 is 5.46. The van der Waals surface area contributed by atoms with Gasteiger partial charge in [-0.15, -0.1) is 0 Å². The van der Waals surface area contributed by atoms with Crippen molar-refractivity contribution >= 4 is 5.91 Å². The number of amides is 1. The second kappa shape index (κ2) is 6.96. The van der Waals surface area contributed by atoms with E-state index in [1.807, 2.05) is 19.1 Å². The van der Waals surface area contributed by atoms with Gasteiger partial charge in [0.1, 0.15) is 5.75 Å². The SMILES string of the molecule is CNC(=O)COc1ccc(C)nc1CNC(C)C. The largest absolute Gasteiger partial charge is 0.482 e. The Hall–Kier alpha value is -1.62. The quantitative estimate of drug-likeness (QED) is 0.792. The number of pyridine rings is 1. The fourth-order valence-corrected chi connectivity index (χ4v) is 1.37. The summed E-state index contributed by atoms with van der Waals surface area (Å²) in [7, 11) is 1.58. The minimum atomic E-state index is -0.154. The number of aromatic nitrogens is 1. The number of nitrogens with one attached hydrogen (secondary N) is 2. The average Bonchev–Trinajstić information content (AvgIpc) is 2.34. The molecule has 0 fully saturated rings. The van der Waals surface area contributed by atoms with Crippen molar-refractivity contribution in [3.63, 3.8) is 0 Å². The maximum absolute atomic E-state index is 11.2. The Morgan fingerprint density at radius 1 is 1.44 bits per heavy atom. The molecule has 5 heteroatoms. The molecule has 5 nitrogen and oxygen atoms in total. The highest BCUT2D eigenvalue weighted by Gasteiger charge is 2.08. The van der Waals surface area contributed by atoms with E-state index in [0.717, 1.165) is 11.4 Å². The van der Waals surface area contributed by atoms with Gasteiger partial charge < -0.3 is 15.4 Å². The highest BCUT2D eigenvalue weighted by molar-refractivity contribution is 5.77. The number of aryl methyl sites for hydroxylation is 1. The molecule has 0 aliphatic rings. The van der Waals surface area contributed by atoms with Crippen molar-refractivity contribution in [2.75, 3.05) is 13.7 Å². The zero-order valence-corrected chi connectivity index (χ0v) is 11.4. The molecule has 0 radical (unpaired) electrons. The fourth-order valence-electron chi connectivity index (χ4n) is 1.37. The number of rotatable bonds is 6. The lowest BCUT2D eigenvalue weighted by Gasteiger charge is -2.13. The van der Waals surface area contributed by atoms with E-state index < -0.39 is 0 Å². The van der Waals surface area contributed by atoms with Crippen LogP contribution in [0.2, 0.25) is 0 Å². The predicted molar refractivity (Wildman–Crippen MR) is 70.5 cm³/mol. The Balaban J connectivity index is 2.72. The van der Waals surface area contributed by atoms with Gasteiger partial charge in [-0.25, -0.2) is 0 Å². The van der Waals surface area contributed by atoms with Crippen molar-refractivity contribution in [3.05, 3.63) is 23.5 Å². The molecule has 1 aromatic heterocycles. The molecule has 0 unspecified atom stereocenters. The van der Waals surface area contributed by atoms with E-state index in [1.54, 1.807) is 7.05 Å². The van der Waals surface area contributed by atoms with Crippen LogP contribution < -0.4 is 15.4 Å². The maximum Gasteiger partial charge on any atom is 0.257 e. The third-order valence-corrected chi connectivity index (χ3v) is 2.39. The zero-order valence-electron chi connectivity index (χ0n) is 11.4. The summed E-state index contributed by atoms with van der Waals surface area (Å²) in [6, 6.07) is 4.10.